The number of carbonyl (C=O) groups excluding carboxylic acids is 4. The summed E-state index contributed by atoms with van der Waals surface area (Å²) < 4.78 is 49.5. The third kappa shape index (κ3) is 12.2. The van der Waals surface area contributed by atoms with Gasteiger partial charge in [0.05, 0.1) is 79.0 Å². The van der Waals surface area contributed by atoms with E-state index in [-0.39, 0.29) is 135 Å². The maximum absolute atomic E-state index is 16.8. The van der Waals surface area contributed by atoms with Crippen molar-refractivity contribution in [1.82, 2.24) is 0 Å². The number of ketones is 4. The third-order valence-corrected chi connectivity index (χ3v) is 22.7. The van der Waals surface area contributed by atoms with Gasteiger partial charge < -0.3 is 58.3 Å². The lowest BCUT2D eigenvalue weighted by Crippen LogP contribution is -2.48. The highest BCUT2D eigenvalue weighted by Crippen LogP contribution is 2.63. The molecular formula is C85H84O20. The molecule has 0 bridgehead atoms. The molecule has 544 valence electrons. The second kappa shape index (κ2) is 29.1. The summed E-state index contributed by atoms with van der Waals surface area (Å²) in [5.74, 6) is -11.2. The van der Waals surface area contributed by atoms with E-state index in [4.69, 9.17) is 37.9 Å². The van der Waals surface area contributed by atoms with Crippen molar-refractivity contribution in [3.05, 3.63) is 188 Å². The lowest BCUT2D eigenvalue weighted by molar-refractivity contribution is -0.158. The van der Waals surface area contributed by atoms with E-state index in [1.54, 1.807) is 128 Å². The first kappa shape index (κ1) is 73.5. The Morgan fingerprint density at radius 2 is 0.676 bits per heavy atom. The van der Waals surface area contributed by atoms with Crippen LogP contribution in [-0.2, 0) is 55.7 Å². The molecule has 0 saturated carbocycles. The number of rotatable bonds is 29. The summed E-state index contributed by atoms with van der Waals surface area (Å²) in [6, 6.07) is 33.9. The molecule has 0 saturated heterocycles. The van der Waals surface area contributed by atoms with Crippen molar-refractivity contribution in [3.8, 4) is 90.5 Å². The standard InChI is InChI=1S/C85H84O20/c1-44(70(79(90)91)72-58(29-37-67(99-5)76(72)103-9)46-17-13-21-54-50(46)25-33-63(54)87)42-61(71-57(28-36-66(98-4)75(71)102-8)45-16-12-20-53-49(45)24-32-62(53)86)85(82(96)97,43-84(3,81(94)95)74-60(31-39-69(101-7)78(74)105-11)48-19-15-23-56-52(48)27-35-65(56)89)41-40-83(2,80(92)93)73-59(30-38-68(100-6)77(73)104-10)47-18-14-22-55-51(47)26-34-64(55)88/h12-23,28-31,36-39,44,61,70H,24-27,32-35,40-43H2,1-11H3,(H,90,91)(H,92,93)(H,94,95)(H,96,97). The molecule has 105 heavy (non-hydrogen) atoms. The normalized spacial score (nSPS) is 16.1. The van der Waals surface area contributed by atoms with Gasteiger partial charge in [-0.1, -0.05) is 104 Å². The highest BCUT2D eigenvalue weighted by molar-refractivity contribution is 6.06. The van der Waals surface area contributed by atoms with Crippen molar-refractivity contribution in [3.63, 3.8) is 0 Å². The summed E-state index contributed by atoms with van der Waals surface area (Å²) in [6.45, 7) is 4.44. The summed E-state index contributed by atoms with van der Waals surface area (Å²) in [4.78, 5) is 118. The quantitative estimate of drug-likeness (QED) is 0.0339. The van der Waals surface area contributed by atoms with E-state index < -0.39 is 83.6 Å². The van der Waals surface area contributed by atoms with Gasteiger partial charge in [-0.25, -0.2) is 0 Å². The smallest absolute Gasteiger partial charge is 0.314 e. The highest BCUT2D eigenvalue weighted by Gasteiger charge is 2.59. The Morgan fingerprint density at radius 3 is 1.01 bits per heavy atom. The van der Waals surface area contributed by atoms with Crippen molar-refractivity contribution >= 4 is 47.0 Å². The summed E-state index contributed by atoms with van der Waals surface area (Å²) in [5.41, 5.74) is 0.00173. The minimum atomic E-state index is -2.72. The Hall–Kier alpha value is -11.3. The van der Waals surface area contributed by atoms with Gasteiger partial charge in [-0.2, -0.15) is 0 Å². The van der Waals surface area contributed by atoms with Crippen LogP contribution in [0.1, 0.15) is 170 Å². The molecule has 12 rings (SSSR count). The second-order valence-corrected chi connectivity index (χ2v) is 28.0. The van der Waals surface area contributed by atoms with Gasteiger partial charge in [0.1, 0.15) is 0 Å². The predicted molar refractivity (Wildman–Crippen MR) is 391 cm³/mol. The molecule has 20 heteroatoms. The lowest BCUT2D eigenvalue weighted by Gasteiger charge is -2.46. The van der Waals surface area contributed by atoms with E-state index in [9.17, 15) is 39.6 Å². The summed E-state index contributed by atoms with van der Waals surface area (Å²) >= 11 is 0. The molecule has 0 radical (unpaired) electrons. The number of fused-ring (bicyclic) bond motifs is 4. The molecular weight excluding hydrogens is 1340 g/mol. The summed E-state index contributed by atoms with van der Waals surface area (Å²) in [5, 5.41) is 51.3. The molecule has 0 heterocycles. The number of aliphatic carboxylic acids is 4. The zero-order chi connectivity index (χ0) is 75.3. The molecule has 8 aromatic carbocycles. The highest BCUT2D eigenvalue weighted by atomic mass is 16.5. The molecule has 4 aliphatic carbocycles. The molecule has 0 fully saturated rings. The van der Waals surface area contributed by atoms with E-state index in [0.717, 1.165) is 0 Å². The molecule has 4 N–H and O–H groups in total. The number of methoxy groups -OCH3 is 8. The molecule has 0 aromatic heterocycles. The molecule has 0 spiro atoms. The Kier molecular flexibility index (Phi) is 20.4. The van der Waals surface area contributed by atoms with Crippen LogP contribution in [0.2, 0.25) is 0 Å². The van der Waals surface area contributed by atoms with E-state index in [0.29, 0.717) is 96.3 Å². The first-order chi connectivity index (χ1) is 50.4. The van der Waals surface area contributed by atoms with E-state index in [1.165, 1.54) is 70.7 Å². The molecule has 20 nitrogen and oxygen atoms in total. The maximum atomic E-state index is 16.8. The van der Waals surface area contributed by atoms with Gasteiger partial charge in [0, 0.05) is 76.1 Å². The summed E-state index contributed by atoms with van der Waals surface area (Å²) in [7, 11) is 10.9. The number of benzene rings is 8. The first-order valence-electron chi connectivity index (χ1n) is 34.9. The second-order valence-electron chi connectivity index (χ2n) is 28.0. The van der Waals surface area contributed by atoms with Gasteiger partial charge in [-0.05, 0) is 162 Å². The topological polar surface area (TPSA) is 291 Å². The number of hydrogen-bond donors (Lipinski definition) is 4. The fourth-order valence-corrected chi connectivity index (χ4v) is 17.6. The van der Waals surface area contributed by atoms with Crippen molar-refractivity contribution in [2.75, 3.05) is 56.9 Å². The monoisotopic (exact) mass is 1420 g/mol. The number of carboxylic acid groups (broad SMARTS) is 4. The van der Waals surface area contributed by atoms with E-state index in [2.05, 4.69) is 0 Å². The third-order valence-electron chi connectivity index (χ3n) is 22.7. The zero-order valence-electron chi connectivity index (χ0n) is 60.6. The lowest BCUT2D eigenvalue weighted by atomic mass is 9.55. The molecule has 0 aliphatic heterocycles. The van der Waals surface area contributed by atoms with Gasteiger partial charge in [0.15, 0.2) is 69.1 Å². The fraction of sp³-hybridized carbons (Fsp3) is 0.341. The van der Waals surface area contributed by atoms with Crippen molar-refractivity contribution in [2.24, 2.45) is 11.3 Å². The van der Waals surface area contributed by atoms with Crippen LogP contribution in [0.3, 0.4) is 0 Å². The molecule has 0 amide bonds. The maximum Gasteiger partial charge on any atom is 0.314 e. The van der Waals surface area contributed by atoms with Crippen LogP contribution in [0.5, 0.6) is 46.0 Å². The minimum Gasteiger partial charge on any atom is -0.493 e. The van der Waals surface area contributed by atoms with Crippen LogP contribution in [-0.4, -0.2) is 124 Å². The van der Waals surface area contributed by atoms with Crippen LogP contribution in [0.25, 0.3) is 44.5 Å². The number of ether oxygens (including phenoxy) is 8. The largest absolute Gasteiger partial charge is 0.493 e. The average Bonchev–Trinajstić information content (AvgIpc) is 0.996. The molecule has 8 aromatic rings. The first-order valence-corrected chi connectivity index (χ1v) is 34.9. The van der Waals surface area contributed by atoms with E-state index in [1.807, 2.05) is 0 Å². The average molecular weight is 1430 g/mol. The van der Waals surface area contributed by atoms with Gasteiger partial charge in [-0.15, -0.1) is 0 Å². The van der Waals surface area contributed by atoms with Crippen molar-refractivity contribution in [2.45, 2.75) is 120 Å². The Bertz CT molecular complexity index is 4930. The SMILES string of the molecule is COc1ccc(-c2cccc3c2CCC3=O)c(C(C(=O)O)C(C)CC(c2c(-c3cccc4c3CCC4=O)ccc(OC)c2OC)C(CCC(C)(C(=O)O)c2c(-c3cccc4c3CCC4=O)ccc(OC)c2OC)(CC(C)(C(=O)O)c2c(-c3cccc4c3CCC4=O)ccc(OC)c2OC)C(=O)O)c1OC. The number of Topliss-reactive ketones (excluding diaryl/α,β-unsaturated/α-hetero) is 4. The van der Waals surface area contributed by atoms with Crippen LogP contribution in [0.15, 0.2) is 121 Å². The molecule has 6 atom stereocenters. The summed E-state index contributed by atoms with van der Waals surface area (Å²) in [6.07, 6.45) is -1.10. The van der Waals surface area contributed by atoms with Crippen molar-refractivity contribution in [1.29, 1.82) is 0 Å². The van der Waals surface area contributed by atoms with Gasteiger partial charge in [0.25, 0.3) is 0 Å². The van der Waals surface area contributed by atoms with Gasteiger partial charge in [0.2, 0.25) is 0 Å². The van der Waals surface area contributed by atoms with Crippen molar-refractivity contribution < 1.29 is 96.7 Å². The van der Waals surface area contributed by atoms with Crippen LogP contribution in [0, 0.1) is 11.3 Å². The Balaban J connectivity index is 1.23. The number of carboxylic acids is 4. The Morgan fingerprint density at radius 1 is 0.362 bits per heavy atom. The Labute approximate surface area is 608 Å². The fourth-order valence-electron chi connectivity index (χ4n) is 17.6. The molecule has 6 unspecified atom stereocenters. The number of carbonyl (C=O) groups is 8. The minimum absolute atomic E-state index is 0.0141. The zero-order valence-corrected chi connectivity index (χ0v) is 60.6. The van der Waals surface area contributed by atoms with Crippen LogP contribution >= 0.6 is 0 Å². The van der Waals surface area contributed by atoms with Gasteiger partial charge in [-0.3, -0.25) is 38.4 Å². The number of hydrogen-bond acceptors (Lipinski definition) is 16. The predicted octanol–water partition coefficient (Wildman–Crippen LogP) is 15.2. The molecule has 4 aliphatic rings. The van der Waals surface area contributed by atoms with Gasteiger partial charge >= 0.3 is 23.9 Å². The van der Waals surface area contributed by atoms with Crippen LogP contribution in [0.4, 0.5) is 0 Å². The van der Waals surface area contributed by atoms with E-state index >= 15 is 19.2 Å². The van der Waals surface area contributed by atoms with Crippen LogP contribution < -0.4 is 37.9 Å².